The Morgan fingerprint density at radius 1 is 1.35 bits per heavy atom. The summed E-state index contributed by atoms with van der Waals surface area (Å²) >= 11 is 0. The van der Waals surface area contributed by atoms with E-state index in [0.717, 1.165) is 16.6 Å². The molecule has 20 heavy (non-hydrogen) atoms. The highest BCUT2D eigenvalue weighted by Crippen LogP contribution is 2.21. The maximum atomic E-state index is 11.8. The lowest BCUT2D eigenvalue weighted by Gasteiger charge is -2.09. The Labute approximate surface area is 115 Å². The fourth-order valence-electron chi connectivity index (χ4n) is 2.08. The fourth-order valence-corrected chi connectivity index (χ4v) is 2.08. The predicted octanol–water partition coefficient (Wildman–Crippen LogP) is 2.19. The number of nitrogens with zero attached hydrogens (tertiary/aromatic N) is 2. The topological polar surface area (TPSA) is 74.7 Å². The van der Waals surface area contributed by atoms with Gasteiger partial charge in [-0.2, -0.15) is 0 Å². The van der Waals surface area contributed by atoms with Gasteiger partial charge in [0.05, 0.1) is 12.0 Å². The van der Waals surface area contributed by atoms with Crippen LogP contribution in [0.1, 0.15) is 0 Å². The number of urea groups is 1. The molecule has 1 aromatic carbocycles. The number of benzene rings is 1. The molecule has 0 bridgehead atoms. The summed E-state index contributed by atoms with van der Waals surface area (Å²) in [6.07, 6.45) is 7.15. The van der Waals surface area contributed by atoms with Crippen molar-refractivity contribution in [3.05, 3.63) is 49.2 Å². The van der Waals surface area contributed by atoms with Crippen LogP contribution in [0.25, 0.3) is 10.9 Å². The Balaban J connectivity index is 1.57. The Kier molecular flexibility index (Phi) is 3.36. The van der Waals surface area contributed by atoms with Crippen LogP contribution in [-0.2, 0) is 6.54 Å². The van der Waals surface area contributed by atoms with Gasteiger partial charge in [-0.3, -0.25) is 0 Å². The number of rotatable bonds is 4. The average molecular weight is 269 g/mol. The van der Waals surface area contributed by atoms with Gasteiger partial charge in [-0.25, -0.2) is 9.78 Å². The molecule has 3 rings (SSSR count). The van der Waals surface area contributed by atoms with Crippen LogP contribution in [-0.4, -0.2) is 27.1 Å². The van der Waals surface area contributed by atoms with Crippen LogP contribution in [0.5, 0.6) is 0 Å². The van der Waals surface area contributed by atoms with Crippen LogP contribution in [0.4, 0.5) is 10.5 Å². The van der Waals surface area contributed by atoms with Gasteiger partial charge < -0.3 is 20.2 Å². The lowest BCUT2D eigenvalue weighted by molar-refractivity contribution is 0.251. The number of imidazole rings is 1. The van der Waals surface area contributed by atoms with E-state index >= 15 is 0 Å². The van der Waals surface area contributed by atoms with Gasteiger partial charge in [-0.1, -0.05) is 6.07 Å². The largest absolute Gasteiger partial charge is 0.361 e. The number of anilines is 1. The Morgan fingerprint density at radius 2 is 2.30 bits per heavy atom. The van der Waals surface area contributed by atoms with Gasteiger partial charge in [-0.15, -0.1) is 0 Å². The van der Waals surface area contributed by atoms with Gasteiger partial charge in [0.2, 0.25) is 0 Å². The number of nitrogens with one attached hydrogen (secondary N) is 3. The third-order valence-electron chi connectivity index (χ3n) is 3.06. The van der Waals surface area contributed by atoms with Crippen molar-refractivity contribution in [2.75, 3.05) is 11.9 Å². The maximum absolute atomic E-state index is 11.8. The quantitative estimate of drug-likeness (QED) is 0.679. The summed E-state index contributed by atoms with van der Waals surface area (Å²) in [6, 6.07) is 7.48. The van der Waals surface area contributed by atoms with E-state index in [1.807, 2.05) is 41.2 Å². The number of carbonyl (C=O) groups excluding carboxylic acids is 1. The van der Waals surface area contributed by atoms with Crippen LogP contribution < -0.4 is 10.6 Å². The molecule has 6 heteroatoms. The number of hydrogen-bond acceptors (Lipinski definition) is 2. The number of aromatic amines is 1. The molecule has 0 saturated heterocycles. The van der Waals surface area contributed by atoms with Crippen molar-refractivity contribution >= 4 is 22.6 Å². The summed E-state index contributed by atoms with van der Waals surface area (Å²) in [6.45, 7) is 1.24. The molecular formula is C14H15N5O. The van der Waals surface area contributed by atoms with E-state index < -0.39 is 0 Å². The molecule has 0 unspecified atom stereocenters. The Hall–Kier alpha value is -2.76. The minimum atomic E-state index is -0.209. The van der Waals surface area contributed by atoms with Crippen LogP contribution in [0, 0.1) is 0 Å². The van der Waals surface area contributed by atoms with Crippen LogP contribution in [0.15, 0.2) is 49.2 Å². The summed E-state index contributed by atoms with van der Waals surface area (Å²) < 4.78 is 1.91. The molecule has 6 nitrogen and oxygen atoms in total. The number of fused-ring (bicyclic) bond motifs is 1. The van der Waals surface area contributed by atoms with Gasteiger partial charge >= 0.3 is 6.03 Å². The number of carbonyl (C=O) groups is 1. The third kappa shape index (κ3) is 2.64. The van der Waals surface area contributed by atoms with E-state index in [0.29, 0.717) is 13.1 Å². The van der Waals surface area contributed by atoms with E-state index in [2.05, 4.69) is 20.6 Å². The van der Waals surface area contributed by atoms with Gasteiger partial charge in [-0.05, 0) is 18.2 Å². The van der Waals surface area contributed by atoms with E-state index in [1.165, 1.54) is 0 Å². The van der Waals surface area contributed by atoms with Crippen molar-refractivity contribution in [1.29, 1.82) is 0 Å². The van der Waals surface area contributed by atoms with Crippen LogP contribution >= 0.6 is 0 Å². The molecule has 3 N–H and O–H groups in total. The van der Waals surface area contributed by atoms with Crippen molar-refractivity contribution in [3.63, 3.8) is 0 Å². The fraction of sp³-hybridized carbons (Fsp3) is 0.143. The molecule has 0 aliphatic rings. The first-order chi connectivity index (χ1) is 9.83. The van der Waals surface area contributed by atoms with Crippen molar-refractivity contribution < 1.29 is 4.79 Å². The highest BCUT2D eigenvalue weighted by molar-refractivity contribution is 6.00. The van der Waals surface area contributed by atoms with E-state index in [9.17, 15) is 4.79 Å². The van der Waals surface area contributed by atoms with Gasteiger partial charge in [0.15, 0.2) is 0 Å². The number of aromatic nitrogens is 3. The summed E-state index contributed by atoms with van der Waals surface area (Å²) in [4.78, 5) is 18.9. The molecule has 2 aromatic heterocycles. The number of hydrogen-bond donors (Lipinski definition) is 3. The molecule has 0 aliphatic carbocycles. The lowest BCUT2D eigenvalue weighted by atomic mass is 10.2. The van der Waals surface area contributed by atoms with Gasteiger partial charge in [0.1, 0.15) is 0 Å². The molecule has 0 aliphatic heterocycles. The minimum Gasteiger partial charge on any atom is -0.361 e. The standard InChI is InChI=1S/C14H15N5O/c20-14(17-7-9-19-8-6-15-10-19)18-13-3-1-2-12-11(13)4-5-16-12/h1-6,8,10,16H,7,9H2,(H2,17,18,20). The second kappa shape index (κ2) is 5.48. The van der Waals surface area contributed by atoms with Crippen molar-refractivity contribution in [3.8, 4) is 0 Å². The zero-order valence-corrected chi connectivity index (χ0v) is 10.8. The summed E-state index contributed by atoms with van der Waals surface area (Å²) in [5, 5.41) is 6.67. The second-order valence-corrected chi connectivity index (χ2v) is 4.43. The molecular weight excluding hydrogens is 254 g/mol. The molecule has 0 radical (unpaired) electrons. The molecule has 0 spiro atoms. The van der Waals surface area contributed by atoms with Gasteiger partial charge in [0, 0.05) is 42.6 Å². The molecule has 3 aromatic rings. The number of amides is 2. The van der Waals surface area contributed by atoms with E-state index in [1.54, 1.807) is 12.5 Å². The van der Waals surface area contributed by atoms with Gasteiger partial charge in [0.25, 0.3) is 0 Å². The predicted molar refractivity (Wildman–Crippen MR) is 77.5 cm³/mol. The average Bonchev–Trinajstić information content (AvgIpc) is 3.09. The number of H-pyrrole nitrogens is 1. The molecule has 0 fully saturated rings. The Bertz CT molecular complexity index is 701. The smallest absolute Gasteiger partial charge is 0.319 e. The zero-order valence-electron chi connectivity index (χ0n) is 10.8. The maximum Gasteiger partial charge on any atom is 0.319 e. The highest BCUT2D eigenvalue weighted by atomic mass is 16.2. The van der Waals surface area contributed by atoms with Crippen molar-refractivity contribution in [2.24, 2.45) is 0 Å². The van der Waals surface area contributed by atoms with Crippen LogP contribution in [0.2, 0.25) is 0 Å². The summed E-state index contributed by atoms with van der Waals surface area (Å²) in [5.74, 6) is 0. The van der Waals surface area contributed by atoms with Crippen molar-refractivity contribution in [2.45, 2.75) is 6.54 Å². The first-order valence-corrected chi connectivity index (χ1v) is 6.39. The normalized spacial score (nSPS) is 10.6. The molecule has 0 saturated carbocycles. The van der Waals surface area contributed by atoms with Crippen LogP contribution in [0.3, 0.4) is 0 Å². The monoisotopic (exact) mass is 269 g/mol. The lowest BCUT2D eigenvalue weighted by Crippen LogP contribution is -2.31. The minimum absolute atomic E-state index is 0.209. The van der Waals surface area contributed by atoms with E-state index in [4.69, 9.17) is 0 Å². The highest BCUT2D eigenvalue weighted by Gasteiger charge is 2.05. The summed E-state index contributed by atoms with van der Waals surface area (Å²) in [7, 11) is 0. The van der Waals surface area contributed by atoms with Crippen molar-refractivity contribution in [1.82, 2.24) is 19.9 Å². The second-order valence-electron chi connectivity index (χ2n) is 4.43. The summed E-state index contributed by atoms with van der Waals surface area (Å²) in [5.41, 5.74) is 1.80. The third-order valence-corrected chi connectivity index (χ3v) is 3.06. The first-order valence-electron chi connectivity index (χ1n) is 6.39. The zero-order chi connectivity index (χ0) is 13.8. The van der Waals surface area contributed by atoms with E-state index in [-0.39, 0.29) is 6.03 Å². The SMILES string of the molecule is O=C(NCCn1ccnc1)Nc1cccc2[nH]ccc12. The Morgan fingerprint density at radius 3 is 3.15 bits per heavy atom. The molecule has 0 atom stereocenters. The molecule has 2 amide bonds. The molecule has 2 heterocycles. The molecule has 102 valence electrons. The first kappa shape index (κ1) is 12.3.